The molecule has 0 saturated carbocycles. The van der Waals surface area contributed by atoms with Gasteiger partial charge in [-0.05, 0) is 43.4 Å². The van der Waals surface area contributed by atoms with Crippen LogP contribution in [0.2, 0.25) is 0 Å². The van der Waals surface area contributed by atoms with Crippen molar-refractivity contribution >= 4 is 17.4 Å². The summed E-state index contributed by atoms with van der Waals surface area (Å²) in [7, 11) is 3.25. The summed E-state index contributed by atoms with van der Waals surface area (Å²) in [6.45, 7) is 9.62. The van der Waals surface area contributed by atoms with E-state index in [1.54, 1.807) is 14.2 Å². The van der Waals surface area contributed by atoms with Crippen molar-refractivity contribution in [1.82, 2.24) is 9.80 Å². The monoisotopic (exact) mass is 446 g/mol. The van der Waals surface area contributed by atoms with Gasteiger partial charge in [0.15, 0.2) is 0 Å². The largest absolute Gasteiger partial charge is 0.383 e. The fourth-order valence-corrected chi connectivity index (χ4v) is 3.63. The molecule has 0 N–H and O–H groups in total. The van der Waals surface area contributed by atoms with E-state index in [1.165, 1.54) is 4.90 Å². The molecule has 7 nitrogen and oxygen atoms in total. The first-order chi connectivity index (χ1) is 15.5. The van der Waals surface area contributed by atoms with Crippen molar-refractivity contribution in [2.75, 3.05) is 60.3 Å². The van der Waals surface area contributed by atoms with Gasteiger partial charge in [0.2, 0.25) is 0 Å². The minimum Gasteiger partial charge on any atom is -0.383 e. The van der Waals surface area contributed by atoms with Crippen LogP contribution in [0.3, 0.4) is 0 Å². The zero-order valence-electron chi connectivity index (χ0n) is 20.2. The van der Waals surface area contributed by atoms with Crippen LogP contribution in [0.15, 0.2) is 23.9 Å². The number of nitrogens with zero attached hydrogens (tertiary/aromatic N) is 2. The minimum atomic E-state index is -0.260. The topological polar surface area (TPSA) is 68.3 Å². The average Bonchev–Trinajstić information content (AvgIpc) is 3.02. The quantitative estimate of drug-likeness (QED) is 0.304. The summed E-state index contributed by atoms with van der Waals surface area (Å²) < 4.78 is 16.1. The summed E-state index contributed by atoms with van der Waals surface area (Å²) in [5, 5.41) is 0. The highest BCUT2D eigenvalue weighted by Gasteiger charge is 2.41. The lowest BCUT2D eigenvalue weighted by molar-refractivity contribution is -0.137. The molecule has 0 unspecified atom stereocenters. The van der Waals surface area contributed by atoms with E-state index in [-0.39, 0.29) is 11.8 Å². The van der Waals surface area contributed by atoms with Gasteiger partial charge in [0.1, 0.15) is 5.70 Å². The Hall–Kier alpha value is -2.22. The lowest BCUT2D eigenvalue weighted by atomic mass is 9.99. The Kier molecular flexibility index (Phi) is 10.9. The van der Waals surface area contributed by atoms with E-state index in [4.69, 9.17) is 14.2 Å². The third-order valence-electron chi connectivity index (χ3n) is 5.70. The molecule has 2 rings (SSSR count). The lowest BCUT2D eigenvalue weighted by Gasteiger charge is -2.25. The van der Waals surface area contributed by atoms with Gasteiger partial charge >= 0.3 is 0 Å². The Balaban J connectivity index is 2.33. The molecule has 32 heavy (non-hydrogen) atoms. The van der Waals surface area contributed by atoms with Crippen LogP contribution in [0.25, 0.3) is 5.57 Å². The number of rotatable bonds is 15. The van der Waals surface area contributed by atoms with E-state index < -0.39 is 0 Å². The average molecular weight is 447 g/mol. The number of imide groups is 1. The first kappa shape index (κ1) is 26.0. The second kappa shape index (κ2) is 13.4. The molecule has 2 amide bonds. The normalized spacial score (nSPS) is 14.1. The van der Waals surface area contributed by atoms with Crippen molar-refractivity contribution in [2.24, 2.45) is 0 Å². The number of methoxy groups -OCH3 is 2. The van der Waals surface area contributed by atoms with Gasteiger partial charge in [-0.3, -0.25) is 14.5 Å². The third kappa shape index (κ3) is 6.64. The zero-order valence-corrected chi connectivity index (χ0v) is 20.2. The zero-order chi connectivity index (χ0) is 23.5. The molecule has 1 heterocycles. The van der Waals surface area contributed by atoms with Crippen molar-refractivity contribution in [3.63, 3.8) is 0 Å². The molecule has 0 atom stereocenters. The van der Waals surface area contributed by atoms with Gasteiger partial charge in [0.25, 0.3) is 11.8 Å². The van der Waals surface area contributed by atoms with Gasteiger partial charge in [-0.15, -0.1) is 0 Å². The standard InChI is InChI=1S/C25H38N2O5/c1-6-7-14-32-15-8-11-27-24(28)22(21-10-9-19(2)20(3)18-21)23(25(27)29)26(12-16-30-4)13-17-31-5/h9-10,18H,6-8,11-17H2,1-5H3. The number of unbranched alkanes of at least 4 members (excludes halogenated alkanes) is 1. The van der Waals surface area contributed by atoms with Crippen molar-refractivity contribution in [1.29, 1.82) is 0 Å². The highest BCUT2D eigenvalue weighted by atomic mass is 16.5. The molecular weight excluding hydrogens is 408 g/mol. The molecular formula is C25H38N2O5. The van der Waals surface area contributed by atoms with Crippen LogP contribution in [0.4, 0.5) is 0 Å². The van der Waals surface area contributed by atoms with Gasteiger partial charge in [-0.1, -0.05) is 31.5 Å². The number of ether oxygens (including phenoxy) is 3. The van der Waals surface area contributed by atoms with E-state index in [0.29, 0.717) is 63.8 Å². The molecule has 0 aromatic heterocycles. The minimum absolute atomic E-state index is 0.248. The molecule has 0 aliphatic carbocycles. The van der Waals surface area contributed by atoms with Crippen molar-refractivity contribution in [2.45, 2.75) is 40.0 Å². The summed E-state index contributed by atoms with van der Waals surface area (Å²) in [5.41, 5.74) is 3.88. The van der Waals surface area contributed by atoms with Crippen LogP contribution in [-0.4, -0.2) is 81.9 Å². The van der Waals surface area contributed by atoms with E-state index in [1.807, 2.05) is 36.9 Å². The molecule has 1 aromatic carbocycles. The van der Waals surface area contributed by atoms with Crippen LogP contribution >= 0.6 is 0 Å². The molecule has 0 spiro atoms. The lowest BCUT2D eigenvalue weighted by Crippen LogP contribution is -2.38. The molecule has 0 fully saturated rings. The summed E-state index contributed by atoms with van der Waals surface area (Å²) >= 11 is 0. The SMILES string of the molecule is CCCCOCCCN1C(=O)C(c2ccc(C)c(C)c2)=C(N(CCOC)CCOC)C1=O. The second-order valence-corrected chi connectivity index (χ2v) is 8.08. The van der Waals surface area contributed by atoms with E-state index in [9.17, 15) is 9.59 Å². The third-order valence-corrected chi connectivity index (χ3v) is 5.70. The first-order valence-corrected chi connectivity index (χ1v) is 11.4. The predicted molar refractivity (Wildman–Crippen MR) is 125 cm³/mol. The van der Waals surface area contributed by atoms with Crippen molar-refractivity contribution in [3.05, 3.63) is 40.6 Å². The van der Waals surface area contributed by atoms with Gasteiger partial charge in [0.05, 0.1) is 18.8 Å². The van der Waals surface area contributed by atoms with Crippen molar-refractivity contribution in [3.8, 4) is 0 Å². The molecule has 1 aromatic rings. The number of carbonyl (C=O) groups excluding carboxylic acids is 2. The fourth-order valence-electron chi connectivity index (χ4n) is 3.63. The Labute approximate surface area is 192 Å². The Morgan fingerprint density at radius 3 is 2.12 bits per heavy atom. The van der Waals surface area contributed by atoms with E-state index in [2.05, 4.69) is 6.92 Å². The van der Waals surface area contributed by atoms with Crippen LogP contribution in [0.1, 0.15) is 42.9 Å². The summed E-state index contributed by atoms with van der Waals surface area (Å²) in [5.74, 6) is -0.509. The van der Waals surface area contributed by atoms with Crippen LogP contribution < -0.4 is 0 Å². The number of benzene rings is 1. The number of hydrogen-bond donors (Lipinski definition) is 0. The smallest absolute Gasteiger partial charge is 0.277 e. The number of hydrogen-bond acceptors (Lipinski definition) is 6. The highest BCUT2D eigenvalue weighted by molar-refractivity contribution is 6.35. The Bertz CT molecular complexity index is 798. The van der Waals surface area contributed by atoms with E-state index >= 15 is 0 Å². The van der Waals surface area contributed by atoms with Gasteiger partial charge in [-0.2, -0.15) is 0 Å². The first-order valence-electron chi connectivity index (χ1n) is 11.4. The number of aryl methyl sites for hydroxylation is 2. The van der Waals surface area contributed by atoms with Crippen LogP contribution in [0.5, 0.6) is 0 Å². The number of amides is 2. The van der Waals surface area contributed by atoms with Crippen LogP contribution in [0, 0.1) is 13.8 Å². The van der Waals surface area contributed by atoms with Gasteiger partial charge < -0.3 is 19.1 Å². The molecule has 7 heteroatoms. The second-order valence-electron chi connectivity index (χ2n) is 8.08. The predicted octanol–water partition coefficient (Wildman–Crippen LogP) is 3.18. The molecule has 1 aliphatic rings. The maximum absolute atomic E-state index is 13.5. The molecule has 0 radical (unpaired) electrons. The fraction of sp³-hybridized carbons (Fsp3) is 0.600. The molecule has 0 bridgehead atoms. The van der Waals surface area contributed by atoms with Gasteiger partial charge in [-0.25, -0.2) is 0 Å². The van der Waals surface area contributed by atoms with E-state index in [0.717, 1.165) is 29.5 Å². The summed E-state index contributed by atoms with van der Waals surface area (Å²) in [6.07, 6.45) is 2.71. The maximum atomic E-state index is 13.5. The molecule has 178 valence electrons. The Morgan fingerprint density at radius 2 is 1.53 bits per heavy atom. The number of carbonyl (C=O) groups is 2. The van der Waals surface area contributed by atoms with Crippen LogP contribution in [-0.2, 0) is 23.8 Å². The Morgan fingerprint density at radius 1 is 0.875 bits per heavy atom. The summed E-state index contributed by atoms with van der Waals surface area (Å²) in [6, 6.07) is 5.90. The highest BCUT2D eigenvalue weighted by Crippen LogP contribution is 2.32. The van der Waals surface area contributed by atoms with Crippen molar-refractivity contribution < 1.29 is 23.8 Å². The molecule has 1 aliphatic heterocycles. The van der Waals surface area contributed by atoms with Gasteiger partial charge in [0, 0.05) is 47.1 Å². The summed E-state index contributed by atoms with van der Waals surface area (Å²) in [4.78, 5) is 30.2. The maximum Gasteiger partial charge on any atom is 0.277 e. The molecule has 0 saturated heterocycles.